The Labute approximate surface area is 165 Å². The van der Waals surface area contributed by atoms with Gasteiger partial charge in [-0.3, -0.25) is 4.79 Å². The van der Waals surface area contributed by atoms with Gasteiger partial charge < -0.3 is 20.3 Å². The van der Waals surface area contributed by atoms with Gasteiger partial charge in [-0.15, -0.1) is 0 Å². The Morgan fingerprint density at radius 1 is 1.11 bits per heavy atom. The van der Waals surface area contributed by atoms with Crippen molar-refractivity contribution in [3.05, 3.63) is 71.3 Å². The molecule has 2 aromatic carbocycles. The van der Waals surface area contributed by atoms with Crippen LogP contribution in [0.1, 0.15) is 35.6 Å². The SMILES string of the molecule is COC(CNC(=O)NCc1cccc(CN2CCCC2=O)c1)c1ccccc1. The summed E-state index contributed by atoms with van der Waals surface area (Å²) < 4.78 is 5.46. The number of hydrogen-bond acceptors (Lipinski definition) is 3. The van der Waals surface area contributed by atoms with E-state index in [1.807, 2.05) is 59.5 Å². The topological polar surface area (TPSA) is 70.7 Å². The van der Waals surface area contributed by atoms with Crippen LogP contribution in [0.5, 0.6) is 0 Å². The predicted molar refractivity (Wildman–Crippen MR) is 108 cm³/mol. The molecule has 2 aromatic rings. The van der Waals surface area contributed by atoms with Gasteiger partial charge in [0.05, 0.1) is 6.10 Å². The standard InChI is InChI=1S/C22H27N3O3/c1-28-20(19-9-3-2-4-10-19)15-24-22(27)23-14-17-7-5-8-18(13-17)16-25-12-6-11-21(25)26/h2-5,7-10,13,20H,6,11-12,14-16H2,1H3,(H2,23,24,27). The number of hydrogen-bond donors (Lipinski definition) is 2. The summed E-state index contributed by atoms with van der Waals surface area (Å²) >= 11 is 0. The predicted octanol–water partition coefficient (Wildman–Crippen LogP) is 3.00. The highest BCUT2D eigenvalue weighted by molar-refractivity contribution is 5.78. The molecule has 1 aliphatic rings. The molecule has 6 heteroatoms. The van der Waals surface area contributed by atoms with Crippen molar-refractivity contribution in [3.63, 3.8) is 0 Å². The molecule has 0 bridgehead atoms. The first-order valence-corrected chi connectivity index (χ1v) is 9.61. The lowest BCUT2D eigenvalue weighted by Crippen LogP contribution is -2.37. The average Bonchev–Trinajstić information content (AvgIpc) is 3.12. The molecule has 1 unspecified atom stereocenters. The van der Waals surface area contributed by atoms with Gasteiger partial charge in [-0.05, 0) is 23.1 Å². The third-order valence-corrected chi connectivity index (χ3v) is 4.89. The quantitative estimate of drug-likeness (QED) is 0.738. The minimum atomic E-state index is -0.238. The lowest BCUT2D eigenvalue weighted by atomic mass is 10.1. The first-order chi connectivity index (χ1) is 13.7. The summed E-state index contributed by atoms with van der Waals surface area (Å²) in [4.78, 5) is 25.8. The van der Waals surface area contributed by atoms with E-state index >= 15 is 0 Å². The molecule has 0 saturated carbocycles. The van der Waals surface area contributed by atoms with Crippen molar-refractivity contribution in [2.45, 2.75) is 32.0 Å². The normalized spacial score (nSPS) is 14.8. The second kappa shape index (κ2) is 9.90. The Morgan fingerprint density at radius 2 is 1.89 bits per heavy atom. The van der Waals surface area contributed by atoms with Crippen molar-refractivity contribution in [1.82, 2.24) is 15.5 Å². The van der Waals surface area contributed by atoms with Crippen molar-refractivity contribution in [1.29, 1.82) is 0 Å². The Hall–Kier alpha value is -2.86. The number of ether oxygens (including phenoxy) is 1. The highest BCUT2D eigenvalue weighted by Gasteiger charge is 2.20. The maximum absolute atomic E-state index is 12.1. The van der Waals surface area contributed by atoms with Crippen LogP contribution in [-0.2, 0) is 22.6 Å². The Balaban J connectivity index is 1.46. The van der Waals surface area contributed by atoms with Crippen LogP contribution in [0, 0.1) is 0 Å². The molecule has 2 N–H and O–H groups in total. The second-order valence-corrected chi connectivity index (χ2v) is 6.94. The van der Waals surface area contributed by atoms with Crippen molar-refractivity contribution in [3.8, 4) is 0 Å². The zero-order valence-electron chi connectivity index (χ0n) is 16.2. The fraction of sp³-hybridized carbons (Fsp3) is 0.364. The highest BCUT2D eigenvalue weighted by atomic mass is 16.5. The number of nitrogens with zero attached hydrogens (tertiary/aromatic N) is 1. The maximum atomic E-state index is 12.1. The third kappa shape index (κ3) is 5.57. The van der Waals surface area contributed by atoms with E-state index in [1.165, 1.54) is 0 Å². The smallest absolute Gasteiger partial charge is 0.315 e. The van der Waals surface area contributed by atoms with Crippen LogP contribution in [0.15, 0.2) is 54.6 Å². The van der Waals surface area contributed by atoms with Crippen molar-refractivity contribution >= 4 is 11.9 Å². The molecule has 3 rings (SSSR count). The van der Waals surface area contributed by atoms with Crippen molar-refractivity contribution in [2.24, 2.45) is 0 Å². The minimum Gasteiger partial charge on any atom is -0.375 e. The van der Waals surface area contributed by atoms with E-state index in [2.05, 4.69) is 10.6 Å². The van der Waals surface area contributed by atoms with Crippen LogP contribution >= 0.6 is 0 Å². The molecular formula is C22H27N3O3. The fourth-order valence-corrected chi connectivity index (χ4v) is 3.36. The van der Waals surface area contributed by atoms with E-state index in [0.717, 1.165) is 29.7 Å². The molecule has 1 aliphatic heterocycles. The van der Waals surface area contributed by atoms with E-state index in [1.54, 1.807) is 7.11 Å². The molecule has 1 atom stereocenters. The Kier molecular flexibility index (Phi) is 7.03. The summed E-state index contributed by atoms with van der Waals surface area (Å²) in [6.45, 7) is 2.28. The van der Waals surface area contributed by atoms with Gasteiger partial charge in [0.15, 0.2) is 0 Å². The first-order valence-electron chi connectivity index (χ1n) is 9.61. The average molecular weight is 381 g/mol. The minimum absolute atomic E-state index is 0.187. The highest BCUT2D eigenvalue weighted by Crippen LogP contribution is 2.16. The van der Waals surface area contributed by atoms with Gasteiger partial charge in [0.2, 0.25) is 5.91 Å². The molecular weight excluding hydrogens is 354 g/mol. The van der Waals surface area contributed by atoms with Crippen LogP contribution in [0.3, 0.4) is 0 Å². The molecule has 3 amide bonds. The molecule has 0 aromatic heterocycles. The van der Waals surface area contributed by atoms with Gasteiger partial charge in [0.25, 0.3) is 0 Å². The first kappa shape index (κ1) is 19.9. The molecule has 6 nitrogen and oxygen atoms in total. The molecule has 1 fully saturated rings. The summed E-state index contributed by atoms with van der Waals surface area (Å²) in [6.07, 6.45) is 1.40. The van der Waals surface area contributed by atoms with Gasteiger partial charge in [-0.25, -0.2) is 4.79 Å². The Bertz CT molecular complexity index is 795. The number of amides is 3. The van der Waals surface area contributed by atoms with E-state index in [4.69, 9.17) is 4.74 Å². The summed E-state index contributed by atoms with van der Waals surface area (Å²) in [6, 6.07) is 17.5. The van der Waals surface area contributed by atoms with E-state index in [-0.39, 0.29) is 18.0 Å². The third-order valence-electron chi connectivity index (χ3n) is 4.89. The van der Waals surface area contributed by atoms with Crippen LogP contribution in [0.4, 0.5) is 4.79 Å². The van der Waals surface area contributed by atoms with Crippen molar-refractivity contribution in [2.75, 3.05) is 20.2 Å². The number of rotatable bonds is 8. The monoisotopic (exact) mass is 381 g/mol. The zero-order chi connectivity index (χ0) is 19.8. The second-order valence-electron chi connectivity index (χ2n) is 6.94. The number of likely N-dealkylation sites (tertiary alicyclic amines) is 1. The fourth-order valence-electron chi connectivity index (χ4n) is 3.36. The number of benzene rings is 2. The number of methoxy groups -OCH3 is 1. The number of carbonyl (C=O) groups excluding carboxylic acids is 2. The van der Waals surface area contributed by atoms with Gasteiger partial charge in [-0.2, -0.15) is 0 Å². The zero-order valence-corrected chi connectivity index (χ0v) is 16.2. The molecule has 0 spiro atoms. The van der Waals surface area contributed by atoms with Crippen LogP contribution in [0.25, 0.3) is 0 Å². The molecule has 0 radical (unpaired) electrons. The summed E-state index contributed by atoms with van der Waals surface area (Å²) in [7, 11) is 1.63. The van der Waals surface area contributed by atoms with Crippen LogP contribution in [0.2, 0.25) is 0 Å². The van der Waals surface area contributed by atoms with Gasteiger partial charge in [0.1, 0.15) is 0 Å². The lowest BCUT2D eigenvalue weighted by molar-refractivity contribution is -0.128. The van der Waals surface area contributed by atoms with E-state index in [0.29, 0.717) is 26.1 Å². The number of nitrogens with one attached hydrogen (secondary N) is 2. The van der Waals surface area contributed by atoms with E-state index in [9.17, 15) is 9.59 Å². The van der Waals surface area contributed by atoms with Crippen LogP contribution < -0.4 is 10.6 Å². The Morgan fingerprint density at radius 3 is 2.61 bits per heavy atom. The summed E-state index contributed by atoms with van der Waals surface area (Å²) in [5, 5.41) is 5.73. The van der Waals surface area contributed by atoms with Crippen molar-refractivity contribution < 1.29 is 14.3 Å². The maximum Gasteiger partial charge on any atom is 0.315 e. The van der Waals surface area contributed by atoms with Crippen LogP contribution in [-0.4, -0.2) is 37.0 Å². The van der Waals surface area contributed by atoms with Gasteiger partial charge >= 0.3 is 6.03 Å². The van der Waals surface area contributed by atoms with Gasteiger partial charge in [0, 0.05) is 39.7 Å². The largest absolute Gasteiger partial charge is 0.375 e. The molecule has 0 aliphatic carbocycles. The summed E-state index contributed by atoms with van der Waals surface area (Å²) in [5.74, 6) is 0.217. The van der Waals surface area contributed by atoms with E-state index < -0.39 is 0 Å². The van der Waals surface area contributed by atoms with Gasteiger partial charge in [-0.1, -0.05) is 54.6 Å². The molecule has 148 valence electrons. The number of carbonyl (C=O) groups is 2. The molecule has 1 heterocycles. The molecule has 28 heavy (non-hydrogen) atoms. The molecule has 1 saturated heterocycles. The summed E-state index contributed by atoms with van der Waals surface area (Å²) in [5.41, 5.74) is 3.11. The number of urea groups is 1. The lowest BCUT2D eigenvalue weighted by Gasteiger charge is -2.17.